The maximum Gasteiger partial charge on any atom is 0.255 e. The van der Waals surface area contributed by atoms with Gasteiger partial charge in [0, 0.05) is 42.5 Å². The van der Waals surface area contributed by atoms with Crippen molar-refractivity contribution in [1.29, 1.82) is 0 Å². The minimum atomic E-state index is -0.535. The molecule has 3 heterocycles. The highest BCUT2D eigenvalue weighted by Gasteiger charge is 2.26. The number of hydrogen-bond donors (Lipinski definition) is 1. The number of hydrogen-bond acceptors (Lipinski definition) is 6. The Balaban J connectivity index is 1.56. The number of aromatic nitrogens is 3. The van der Waals surface area contributed by atoms with Gasteiger partial charge in [-0.3, -0.25) is 19.1 Å². The second-order valence-electron chi connectivity index (χ2n) is 9.33. The summed E-state index contributed by atoms with van der Waals surface area (Å²) < 4.78 is 21.7. The number of rotatable bonds is 4. The molecule has 0 aliphatic carbocycles. The first-order valence-corrected chi connectivity index (χ1v) is 11.1. The van der Waals surface area contributed by atoms with E-state index in [0.717, 1.165) is 11.8 Å². The third-order valence-corrected chi connectivity index (χ3v) is 5.73. The minimum Gasteiger partial charge on any atom is -0.370 e. The average Bonchev–Trinajstić information content (AvgIpc) is 2.81. The first-order chi connectivity index (χ1) is 16.1. The van der Waals surface area contributed by atoms with E-state index < -0.39 is 11.2 Å². The lowest BCUT2D eigenvalue weighted by Crippen LogP contribution is -2.41. The molecule has 2 aromatic heterocycles. The molecule has 0 radical (unpaired) electrons. The summed E-state index contributed by atoms with van der Waals surface area (Å²) >= 11 is 0. The Bertz CT molecular complexity index is 1250. The average molecular weight is 466 g/mol. The van der Waals surface area contributed by atoms with Crippen molar-refractivity contribution < 1.29 is 13.9 Å². The van der Waals surface area contributed by atoms with Crippen molar-refractivity contribution in [1.82, 2.24) is 14.5 Å². The Morgan fingerprint density at radius 1 is 1.21 bits per heavy atom. The largest absolute Gasteiger partial charge is 0.370 e. The molecule has 1 aromatic carbocycles. The monoisotopic (exact) mass is 465 g/mol. The van der Waals surface area contributed by atoms with E-state index in [9.17, 15) is 14.0 Å². The van der Waals surface area contributed by atoms with E-state index in [1.54, 1.807) is 7.05 Å². The van der Waals surface area contributed by atoms with E-state index in [1.165, 1.54) is 22.9 Å². The molecule has 0 bridgehead atoms. The van der Waals surface area contributed by atoms with Gasteiger partial charge in [0.15, 0.2) is 5.82 Å². The van der Waals surface area contributed by atoms with Crippen LogP contribution in [0.25, 0.3) is 11.3 Å². The van der Waals surface area contributed by atoms with Crippen LogP contribution in [0.4, 0.5) is 16.0 Å². The quantitative estimate of drug-likeness (QED) is 0.634. The summed E-state index contributed by atoms with van der Waals surface area (Å²) in [6.07, 6.45) is 2.32. The Labute approximate surface area is 197 Å². The second kappa shape index (κ2) is 9.34. The number of amides is 1. The maximum atomic E-state index is 14.3. The lowest BCUT2D eigenvalue weighted by atomic mass is 9.95. The van der Waals surface area contributed by atoms with Crippen molar-refractivity contribution >= 4 is 17.5 Å². The van der Waals surface area contributed by atoms with E-state index in [1.807, 2.05) is 49.9 Å². The molecule has 0 saturated carbocycles. The molecule has 1 N–H and O–H groups in total. The zero-order chi connectivity index (χ0) is 24.5. The smallest absolute Gasteiger partial charge is 0.255 e. The highest BCUT2D eigenvalue weighted by molar-refractivity contribution is 5.94. The van der Waals surface area contributed by atoms with Crippen LogP contribution in [-0.4, -0.2) is 40.1 Å². The fraction of sp³-hybridized carbons (Fsp3) is 0.360. The van der Waals surface area contributed by atoms with Gasteiger partial charge in [0.25, 0.3) is 5.56 Å². The summed E-state index contributed by atoms with van der Waals surface area (Å²) in [6, 6.07) is 10.4. The van der Waals surface area contributed by atoms with Crippen molar-refractivity contribution in [2.75, 3.05) is 29.9 Å². The van der Waals surface area contributed by atoms with Gasteiger partial charge in [0.1, 0.15) is 6.10 Å². The molecule has 1 aliphatic heterocycles. The predicted octanol–water partition coefficient (Wildman–Crippen LogP) is 3.54. The third-order valence-electron chi connectivity index (χ3n) is 5.73. The normalized spacial score (nSPS) is 16.4. The number of anilines is 2. The zero-order valence-corrected chi connectivity index (χ0v) is 19.7. The van der Waals surface area contributed by atoms with Gasteiger partial charge in [-0.2, -0.15) is 0 Å². The molecule has 0 unspecified atom stereocenters. The molecule has 1 atom stereocenters. The molecular weight excluding hydrogens is 437 g/mol. The van der Waals surface area contributed by atoms with Crippen molar-refractivity contribution in [3.8, 4) is 11.3 Å². The molecule has 34 heavy (non-hydrogen) atoms. The highest BCUT2D eigenvalue weighted by atomic mass is 19.1. The molecule has 1 fully saturated rings. The maximum absolute atomic E-state index is 14.3. The first-order valence-electron chi connectivity index (χ1n) is 11.1. The van der Waals surface area contributed by atoms with Crippen LogP contribution in [0.15, 0.2) is 53.6 Å². The fourth-order valence-electron chi connectivity index (χ4n) is 3.66. The number of carbonyl (C=O) groups is 1. The molecule has 4 rings (SSSR count). The zero-order valence-electron chi connectivity index (χ0n) is 19.7. The van der Waals surface area contributed by atoms with Crippen LogP contribution < -0.4 is 15.8 Å². The molecular formula is C25H28FN5O3. The van der Waals surface area contributed by atoms with E-state index in [0.29, 0.717) is 31.3 Å². The van der Waals surface area contributed by atoms with Gasteiger partial charge >= 0.3 is 0 Å². The molecule has 8 nitrogen and oxygen atoms in total. The fourth-order valence-corrected chi connectivity index (χ4v) is 3.66. The lowest BCUT2D eigenvalue weighted by Gasteiger charge is -2.34. The number of nitrogens with zero attached hydrogens (tertiary/aromatic N) is 4. The number of benzene rings is 1. The Kier molecular flexibility index (Phi) is 6.47. The number of carbonyl (C=O) groups excluding carboxylic acids is 1. The van der Waals surface area contributed by atoms with Crippen LogP contribution >= 0.6 is 0 Å². The van der Waals surface area contributed by atoms with Crippen molar-refractivity contribution in [3.05, 3.63) is 70.5 Å². The third kappa shape index (κ3) is 4.99. The summed E-state index contributed by atoms with van der Waals surface area (Å²) in [6.45, 7) is 7.04. The number of nitrogens with one attached hydrogen (secondary N) is 1. The second-order valence-corrected chi connectivity index (χ2v) is 9.33. The molecule has 1 saturated heterocycles. The topological polar surface area (TPSA) is 89.3 Å². The van der Waals surface area contributed by atoms with Gasteiger partial charge in [0.2, 0.25) is 11.9 Å². The molecule has 178 valence electrons. The summed E-state index contributed by atoms with van der Waals surface area (Å²) in [5.74, 6) is -0.147. The molecule has 1 aliphatic rings. The van der Waals surface area contributed by atoms with Crippen molar-refractivity contribution in [2.24, 2.45) is 12.5 Å². The Morgan fingerprint density at radius 2 is 1.94 bits per heavy atom. The van der Waals surface area contributed by atoms with E-state index in [4.69, 9.17) is 4.74 Å². The summed E-state index contributed by atoms with van der Waals surface area (Å²) in [5.41, 5.74) is 1.39. The summed E-state index contributed by atoms with van der Waals surface area (Å²) in [5, 5.41) is 2.91. The van der Waals surface area contributed by atoms with E-state index in [2.05, 4.69) is 15.3 Å². The molecule has 1 amide bonds. The van der Waals surface area contributed by atoms with Gasteiger partial charge in [-0.25, -0.2) is 9.37 Å². The van der Waals surface area contributed by atoms with E-state index in [-0.39, 0.29) is 28.8 Å². The van der Waals surface area contributed by atoms with Crippen molar-refractivity contribution in [2.45, 2.75) is 26.9 Å². The van der Waals surface area contributed by atoms with Gasteiger partial charge in [-0.05, 0) is 23.8 Å². The van der Waals surface area contributed by atoms with E-state index >= 15 is 0 Å². The van der Waals surface area contributed by atoms with Crippen LogP contribution in [0.1, 0.15) is 32.4 Å². The first kappa shape index (κ1) is 23.6. The van der Waals surface area contributed by atoms with Gasteiger partial charge < -0.3 is 15.0 Å². The summed E-state index contributed by atoms with van der Waals surface area (Å²) in [4.78, 5) is 35.2. The van der Waals surface area contributed by atoms with Crippen LogP contribution in [0.2, 0.25) is 0 Å². The van der Waals surface area contributed by atoms with Crippen LogP contribution in [0, 0.1) is 11.2 Å². The van der Waals surface area contributed by atoms with Crippen LogP contribution in [0.3, 0.4) is 0 Å². The predicted molar refractivity (Wildman–Crippen MR) is 128 cm³/mol. The standard InChI is InChI=1S/C25H28FN5O3/c1-25(2,3)23(33)28-17-7-5-16(6-8-17)21-15-31(11-12-34-21)24-29-20(13-22(32)30(24)4)18-9-10-27-14-19(18)26/h5-10,13-14,21H,11-12,15H2,1-4H3,(H,28,33)/t21-/m1/s1. The number of halogens is 1. The Hall–Kier alpha value is -3.59. The molecule has 0 spiro atoms. The van der Waals surface area contributed by atoms with Crippen LogP contribution in [-0.2, 0) is 16.6 Å². The SMILES string of the molecule is Cn1c(N2CCO[C@@H](c3ccc(NC(=O)C(C)(C)C)cc3)C2)nc(-c2ccncc2F)cc1=O. The molecule has 3 aromatic rings. The number of morpholine rings is 1. The molecule has 9 heteroatoms. The van der Waals surface area contributed by atoms with Gasteiger partial charge in [-0.15, -0.1) is 0 Å². The highest BCUT2D eigenvalue weighted by Crippen LogP contribution is 2.28. The Morgan fingerprint density at radius 3 is 2.62 bits per heavy atom. The van der Waals surface area contributed by atoms with Gasteiger partial charge in [0.05, 0.1) is 25.0 Å². The summed E-state index contributed by atoms with van der Waals surface area (Å²) in [7, 11) is 1.65. The lowest BCUT2D eigenvalue weighted by molar-refractivity contribution is -0.123. The number of ether oxygens (including phenoxy) is 1. The van der Waals surface area contributed by atoms with Crippen LogP contribution in [0.5, 0.6) is 0 Å². The van der Waals surface area contributed by atoms with Crippen molar-refractivity contribution in [3.63, 3.8) is 0 Å². The minimum absolute atomic E-state index is 0.0575. The van der Waals surface area contributed by atoms with Gasteiger partial charge in [-0.1, -0.05) is 32.9 Å². The number of pyridine rings is 1.